The number of hydrogen-bond donors (Lipinski definition) is 3. The smallest absolute Gasteiger partial charge is 0.407 e. The molecule has 0 radical (unpaired) electrons. The first-order valence-corrected chi connectivity index (χ1v) is 11.8. The van der Waals surface area contributed by atoms with Gasteiger partial charge in [-0.05, 0) is 51.0 Å². The standard InChI is InChI=1S/C26H35N3O7/c1-26(2,3)36-24(32)27-15-21(31)17-7-8-18(23(13-17)35-5)16-28-11-6-12-29(25(28)33)19-9-10-22(34-4)20(30)14-19/h7-10,13-14,21,30-31H,6,11-12,15-16H2,1-5H3,(H,27,32). The lowest BCUT2D eigenvalue weighted by atomic mass is 10.0. The van der Waals surface area contributed by atoms with Crippen LogP contribution in [0.5, 0.6) is 17.2 Å². The number of nitrogens with zero attached hydrogens (tertiary/aromatic N) is 2. The summed E-state index contributed by atoms with van der Waals surface area (Å²) >= 11 is 0. The lowest BCUT2D eigenvalue weighted by Gasteiger charge is -2.36. The molecule has 36 heavy (non-hydrogen) atoms. The Morgan fingerprint density at radius 2 is 1.81 bits per heavy atom. The minimum absolute atomic E-state index is 0.0221. The molecule has 10 heteroatoms. The third kappa shape index (κ3) is 6.72. The lowest BCUT2D eigenvalue weighted by molar-refractivity contribution is 0.0491. The van der Waals surface area contributed by atoms with Crippen LogP contribution < -0.4 is 19.7 Å². The molecule has 3 N–H and O–H groups in total. The van der Waals surface area contributed by atoms with Crippen LogP contribution in [-0.4, -0.2) is 66.7 Å². The second-order valence-electron chi connectivity index (χ2n) is 9.54. The van der Waals surface area contributed by atoms with E-state index >= 15 is 0 Å². The van der Waals surface area contributed by atoms with Crippen LogP contribution in [0, 0.1) is 0 Å². The summed E-state index contributed by atoms with van der Waals surface area (Å²) in [6, 6.07) is 9.94. The summed E-state index contributed by atoms with van der Waals surface area (Å²) in [5.41, 5.74) is 1.30. The van der Waals surface area contributed by atoms with E-state index in [1.165, 1.54) is 20.3 Å². The van der Waals surface area contributed by atoms with Crippen LogP contribution in [0.3, 0.4) is 0 Å². The van der Waals surface area contributed by atoms with E-state index in [0.717, 1.165) is 12.0 Å². The number of carbonyl (C=O) groups excluding carboxylic acids is 2. The van der Waals surface area contributed by atoms with Crippen molar-refractivity contribution in [3.05, 3.63) is 47.5 Å². The van der Waals surface area contributed by atoms with Crippen LogP contribution in [0.1, 0.15) is 44.4 Å². The maximum Gasteiger partial charge on any atom is 0.407 e. The van der Waals surface area contributed by atoms with E-state index < -0.39 is 17.8 Å². The number of phenolic OH excluding ortho intramolecular Hbond substituents is 1. The summed E-state index contributed by atoms with van der Waals surface area (Å²) in [6.07, 6.45) is -0.813. The number of nitrogens with one attached hydrogen (secondary N) is 1. The quantitative estimate of drug-likeness (QED) is 0.503. The van der Waals surface area contributed by atoms with Crippen molar-refractivity contribution < 1.29 is 34.0 Å². The average Bonchev–Trinajstić information content (AvgIpc) is 2.83. The average molecular weight is 502 g/mol. The van der Waals surface area contributed by atoms with Crippen molar-refractivity contribution in [3.8, 4) is 17.2 Å². The summed E-state index contributed by atoms with van der Waals surface area (Å²) in [5.74, 6) is 0.834. The van der Waals surface area contributed by atoms with Crippen LogP contribution in [0.15, 0.2) is 36.4 Å². The summed E-state index contributed by atoms with van der Waals surface area (Å²) in [4.78, 5) is 28.4. The van der Waals surface area contributed by atoms with Crippen LogP contribution in [0.2, 0.25) is 0 Å². The predicted molar refractivity (Wildman–Crippen MR) is 135 cm³/mol. The van der Waals surface area contributed by atoms with Gasteiger partial charge in [-0.25, -0.2) is 9.59 Å². The zero-order chi connectivity index (χ0) is 26.5. The Morgan fingerprint density at radius 1 is 1.08 bits per heavy atom. The van der Waals surface area contributed by atoms with Crippen LogP contribution in [0.25, 0.3) is 0 Å². The molecule has 3 amide bonds. The van der Waals surface area contributed by atoms with Crippen molar-refractivity contribution >= 4 is 17.8 Å². The van der Waals surface area contributed by atoms with Gasteiger partial charge in [-0.15, -0.1) is 0 Å². The van der Waals surface area contributed by atoms with Gasteiger partial charge in [0.2, 0.25) is 0 Å². The van der Waals surface area contributed by atoms with Crippen molar-refractivity contribution in [1.29, 1.82) is 0 Å². The van der Waals surface area contributed by atoms with E-state index in [2.05, 4.69) is 5.32 Å². The van der Waals surface area contributed by atoms with E-state index in [-0.39, 0.29) is 18.3 Å². The number of benzene rings is 2. The van der Waals surface area contributed by atoms with Gasteiger partial charge in [-0.3, -0.25) is 4.90 Å². The molecule has 0 aromatic heterocycles. The number of rotatable bonds is 8. The van der Waals surface area contributed by atoms with E-state index in [4.69, 9.17) is 14.2 Å². The molecule has 0 aliphatic carbocycles. The summed E-state index contributed by atoms with van der Waals surface area (Å²) < 4.78 is 15.8. The zero-order valence-electron chi connectivity index (χ0n) is 21.4. The number of aliphatic hydroxyl groups is 1. The molecule has 0 saturated carbocycles. The van der Waals surface area contributed by atoms with E-state index in [1.807, 2.05) is 0 Å². The highest BCUT2D eigenvalue weighted by Gasteiger charge is 2.28. The highest BCUT2D eigenvalue weighted by atomic mass is 16.6. The maximum atomic E-state index is 13.2. The fraction of sp³-hybridized carbons (Fsp3) is 0.462. The lowest BCUT2D eigenvalue weighted by Crippen LogP contribution is -2.49. The largest absolute Gasteiger partial charge is 0.504 e. The molecular formula is C26H35N3O7. The number of ether oxygens (including phenoxy) is 3. The van der Waals surface area contributed by atoms with E-state index in [0.29, 0.717) is 42.4 Å². The monoisotopic (exact) mass is 501 g/mol. The maximum absolute atomic E-state index is 13.2. The molecule has 1 heterocycles. The molecule has 1 fully saturated rings. The van der Waals surface area contributed by atoms with Gasteiger partial charge < -0.3 is 34.6 Å². The number of aliphatic hydroxyl groups excluding tert-OH is 1. The third-order valence-corrected chi connectivity index (χ3v) is 5.68. The van der Waals surface area contributed by atoms with Gasteiger partial charge in [0.05, 0.1) is 33.4 Å². The number of methoxy groups -OCH3 is 2. The van der Waals surface area contributed by atoms with Crippen molar-refractivity contribution in [2.45, 2.75) is 45.4 Å². The van der Waals surface area contributed by atoms with Gasteiger partial charge in [-0.1, -0.05) is 12.1 Å². The third-order valence-electron chi connectivity index (χ3n) is 5.68. The molecule has 1 atom stereocenters. The molecule has 1 aliphatic rings. The molecular weight excluding hydrogens is 466 g/mol. The molecule has 0 spiro atoms. The Balaban J connectivity index is 1.68. The molecule has 1 unspecified atom stereocenters. The normalized spacial score (nSPS) is 14.9. The van der Waals surface area contributed by atoms with Gasteiger partial charge in [0, 0.05) is 30.4 Å². The van der Waals surface area contributed by atoms with Crippen LogP contribution >= 0.6 is 0 Å². The van der Waals surface area contributed by atoms with Gasteiger partial charge in [0.25, 0.3) is 0 Å². The topological polar surface area (TPSA) is 121 Å². The number of urea groups is 1. The molecule has 3 rings (SSSR count). The Kier molecular flexibility index (Phi) is 8.52. The Hall–Kier alpha value is -3.66. The Morgan fingerprint density at radius 3 is 2.44 bits per heavy atom. The second kappa shape index (κ2) is 11.4. The molecule has 0 bridgehead atoms. The molecule has 1 saturated heterocycles. The van der Waals surface area contributed by atoms with Gasteiger partial charge in [-0.2, -0.15) is 0 Å². The summed E-state index contributed by atoms with van der Waals surface area (Å²) in [5, 5.41) is 23.2. The Labute approximate surface area is 211 Å². The number of phenols is 1. The highest BCUT2D eigenvalue weighted by Crippen LogP contribution is 2.32. The van der Waals surface area contributed by atoms with E-state index in [1.54, 1.807) is 60.9 Å². The number of anilines is 1. The molecule has 2 aromatic carbocycles. The SMILES string of the molecule is COc1ccc(N2CCCN(Cc3ccc(C(O)CNC(=O)OC(C)(C)C)cc3OC)C2=O)cc1O. The van der Waals surface area contributed by atoms with Crippen molar-refractivity contribution in [1.82, 2.24) is 10.2 Å². The van der Waals surface area contributed by atoms with Gasteiger partial charge in [0.1, 0.15) is 11.4 Å². The highest BCUT2D eigenvalue weighted by molar-refractivity contribution is 5.93. The summed E-state index contributed by atoms with van der Waals surface area (Å²) in [7, 11) is 3.00. The first-order chi connectivity index (χ1) is 17.0. The van der Waals surface area contributed by atoms with Crippen LogP contribution in [0.4, 0.5) is 15.3 Å². The number of carbonyl (C=O) groups is 2. The second-order valence-corrected chi connectivity index (χ2v) is 9.54. The predicted octanol–water partition coefficient (Wildman–Crippen LogP) is 3.80. The van der Waals surface area contributed by atoms with E-state index in [9.17, 15) is 19.8 Å². The number of amides is 3. The molecule has 1 aliphatic heterocycles. The first kappa shape index (κ1) is 26.9. The van der Waals surface area contributed by atoms with Gasteiger partial charge >= 0.3 is 12.1 Å². The number of alkyl carbamates (subject to hydrolysis) is 1. The van der Waals surface area contributed by atoms with Crippen molar-refractivity contribution in [2.75, 3.05) is 38.8 Å². The minimum atomic E-state index is -0.963. The van der Waals surface area contributed by atoms with Crippen molar-refractivity contribution in [3.63, 3.8) is 0 Å². The number of hydrogen-bond acceptors (Lipinski definition) is 7. The molecule has 196 valence electrons. The van der Waals surface area contributed by atoms with Crippen molar-refractivity contribution in [2.24, 2.45) is 0 Å². The fourth-order valence-corrected chi connectivity index (χ4v) is 3.93. The Bertz CT molecular complexity index is 1080. The zero-order valence-corrected chi connectivity index (χ0v) is 21.4. The minimum Gasteiger partial charge on any atom is -0.504 e. The number of aromatic hydroxyl groups is 1. The first-order valence-electron chi connectivity index (χ1n) is 11.8. The van der Waals surface area contributed by atoms with Gasteiger partial charge in [0.15, 0.2) is 11.5 Å². The molecule has 10 nitrogen and oxygen atoms in total. The fourth-order valence-electron chi connectivity index (χ4n) is 3.93. The van der Waals surface area contributed by atoms with Crippen LogP contribution in [-0.2, 0) is 11.3 Å². The molecule has 2 aromatic rings. The summed E-state index contributed by atoms with van der Waals surface area (Å²) in [6.45, 7) is 6.69.